The molecule has 0 unspecified atom stereocenters. The van der Waals surface area contributed by atoms with Crippen LogP contribution in [0.3, 0.4) is 0 Å². The highest BCUT2D eigenvalue weighted by atomic mass is 16.1. The number of nitrogens with zero attached hydrogens (tertiary/aromatic N) is 5. The summed E-state index contributed by atoms with van der Waals surface area (Å²) in [6.45, 7) is 7.62. The lowest BCUT2D eigenvalue weighted by atomic mass is 10.0. The second kappa shape index (κ2) is 10.7. The SMILES string of the molecule is CCC[C@@H](c1nnnn1C1CCCC1)N(Cc1ccc(C)cc1)Cc1cc2cc(C)ccc2[nH]c1=O. The van der Waals surface area contributed by atoms with Gasteiger partial charge in [-0.1, -0.05) is 67.6 Å². The number of hydrogen-bond acceptors (Lipinski definition) is 5. The molecule has 4 aromatic rings. The second-order valence-electron chi connectivity index (χ2n) is 10.3. The fourth-order valence-corrected chi connectivity index (χ4v) is 5.49. The van der Waals surface area contributed by atoms with Crippen LogP contribution in [0.25, 0.3) is 10.9 Å². The highest BCUT2D eigenvalue weighted by Gasteiger charge is 2.30. The lowest BCUT2D eigenvalue weighted by Crippen LogP contribution is -2.33. The molecular weight excluding hydrogens is 448 g/mol. The Kier molecular flexibility index (Phi) is 7.28. The fraction of sp³-hybridized carbons (Fsp3) is 0.448. The van der Waals surface area contributed by atoms with E-state index in [-0.39, 0.29) is 11.6 Å². The van der Waals surface area contributed by atoms with E-state index >= 15 is 0 Å². The Morgan fingerprint density at radius 2 is 1.78 bits per heavy atom. The monoisotopic (exact) mass is 484 g/mol. The zero-order valence-corrected chi connectivity index (χ0v) is 21.6. The van der Waals surface area contributed by atoms with E-state index in [0.29, 0.717) is 19.1 Å². The van der Waals surface area contributed by atoms with E-state index in [4.69, 9.17) is 0 Å². The van der Waals surface area contributed by atoms with E-state index in [1.807, 2.05) is 18.2 Å². The summed E-state index contributed by atoms with van der Waals surface area (Å²) in [5, 5.41) is 14.2. The van der Waals surface area contributed by atoms with E-state index in [1.165, 1.54) is 29.5 Å². The summed E-state index contributed by atoms with van der Waals surface area (Å²) in [7, 11) is 0. The molecular formula is C29H36N6O. The van der Waals surface area contributed by atoms with Crippen molar-refractivity contribution in [1.82, 2.24) is 30.1 Å². The largest absolute Gasteiger partial charge is 0.322 e. The van der Waals surface area contributed by atoms with Crippen LogP contribution in [0.4, 0.5) is 0 Å². The molecule has 5 rings (SSSR count). The van der Waals surface area contributed by atoms with Crippen molar-refractivity contribution < 1.29 is 0 Å². The van der Waals surface area contributed by atoms with Crippen LogP contribution in [-0.2, 0) is 13.1 Å². The zero-order valence-electron chi connectivity index (χ0n) is 21.6. The van der Waals surface area contributed by atoms with Gasteiger partial charge < -0.3 is 4.98 Å². The van der Waals surface area contributed by atoms with Crippen molar-refractivity contribution >= 4 is 10.9 Å². The lowest BCUT2D eigenvalue weighted by Gasteiger charge is -2.31. The molecule has 1 aliphatic carbocycles. The number of aromatic nitrogens is 5. The summed E-state index contributed by atoms with van der Waals surface area (Å²) in [5.41, 5.74) is 5.23. The number of aryl methyl sites for hydroxylation is 2. The predicted octanol–water partition coefficient (Wildman–Crippen LogP) is 5.79. The van der Waals surface area contributed by atoms with Crippen molar-refractivity contribution in [3.8, 4) is 0 Å². The second-order valence-corrected chi connectivity index (χ2v) is 10.3. The van der Waals surface area contributed by atoms with Gasteiger partial charge in [0.05, 0.1) is 12.1 Å². The number of tetrazole rings is 1. The fourth-order valence-electron chi connectivity index (χ4n) is 5.49. The minimum atomic E-state index is -0.0362. The van der Waals surface area contributed by atoms with Gasteiger partial charge in [0, 0.05) is 24.2 Å². The smallest absolute Gasteiger partial charge is 0.252 e. The van der Waals surface area contributed by atoms with E-state index in [0.717, 1.165) is 48.0 Å². The van der Waals surface area contributed by atoms with Crippen molar-refractivity contribution in [2.45, 2.75) is 84.5 Å². The number of H-pyrrole nitrogens is 1. The number of benzene rings is 2. The van der Waals surface area contributed by atoms with Crippen LogP contribution in [-0.4, -0.2) is 30.1 Å². The molecule has 1 N–H and O–H groups in total. The molecule has 0 radical (unpaired) electrons. The number of pyridine rings is 1. The Bertz CT molecular complexity index is 1370. The molecule has 1 aliphatic rings. The van der Waals surface area contributed by atoms with Gasteiger partial charge in [-0.05, 0) is 72.7 Å². The van der Waals surface area contributed by atoms with Gasteiger partial charge in [-0.25, -0.2) is 4.68 Å². The molecule has 1 saturated carbocycles. The molecule has 0 spiro atoms. The van der Waals surface area contributed by atoms with E-state index in [9.17, 15) is 4.79 Å². The maximum Gasteiger partial charge on any atom is 0.252 e. The average molecular weight is 485 g/mol. The Hall–Kier alpha value is -3.32. The van der Waals surface area contributed by atoms with E-state index in [2.05, 4.69) is 81.2 Å². The summed E-state index contributed by atoms with van der Waals surface area (Å²) in [6.07, 6.45) is 6.61. The van der Waals surface area contributed by atoms with Crippen LogP contribution in [0.5, 0.6) is 0 Å². The third kappa shape index (κ3) is 5.26. The van der Waals surface area contributed by atoms with Gasteiger partial charge in [0.25, 0.3) is 5.56 Å². The number of nitrogens with one attached hydrogen (secondary N) is 1. The Morgan fingerprint density at radius 1 is 1.03 bits per heavy atom. The van der Waals surface area contributed by atoms with Crippen LogP contribution in [0, 0.1) is 13.8 Å². The van der Waals surface area contributed by atoms with Gasteiger partial charge in [-0.2, -0.15) is 0 Å². The number of aromatic amines is 1. The molecule has 7 nitrogen and oxygen atoms in total. The molecule has 0 amide bonds. The average Bonchev–Trinajstić information content (AvgIpc) is 3.56. The van der Waals surface area contributed by atoms with Crippen molar-refractivity contribution in [2.24, 2.45) is 0 Å². The first-order valence-corrected chi connectivity index (χ1v) is 13.2. The standard InChI is InChI=1S/C29H36N6O/c1-4-7-27(28-31-32-33-35(28)25-8-5-6-9-25)34(18-22-13-10-20(2)11-14-22)19-24-17-23-16-21(3)12-15-26(23)30-29(24)36/h10-17,25,27H,4-9,18-19H2,1-3H3,(H,30,36)/t27-/m0/s1. The third-order valence-corrected chi connectivity index (χ3v) is 7.45. The number of rotatable bonds is 9. The normalized spacial score (nSPS) is 15.2. The topological polar surface area (TPSA) is 79.7 Å². The molecule has 1 atom stereocenters. The quantitative estimate of drug-likeness (QED) is 0.325. The van der Waals surface area contributed by atoms with Gasteiger partial charge in [0.15, 0.2) is 5.82 Å². The molecule has 0 aliphatic heterocycles. The molecule has 188 valence electrons. The van der Waals surface area contributed by atoms with Crippen molar-refractivity contribution in [3.63, 3.8) is 0 Å². The molecule has 2 aromatic heterocycles. The maximum atomic E-state index is 13.2. The highest BCUT2D eigenvalue weighted by molar-refractivity contribution is 5.79. The molecule has 7 heteroatoms. The van der Waals surface area contributed by atoms with Crippen LogP contribution in [0.1, 0.15) is 85.6 Å². The van der Waals surface area contributed by atoms with E-state index < -0.39 is 0 Å². The summed E-state index contributed by atoms with van der Waals surface area (Å²) in [6, 6.07) is 17.2. The van der Waals surface area contributed by atoms with Crippen molar-refractivity contribution in [3.05, 3.63) is 87.0 Å². The molecule has 2 heterocycles. The van der Waals surface area contributed by atoms with Crippen molar-refractivity contribution in [1.29, 1.82) is 0 Å². The van der Waals surface area contributed by atoms with E-state index in [1.54, 1.807) is 0 Å². The van der Waals surface area contributed by atoms with Crippen molar-refractivity contribution in [2.75, 3.05) is 0 Å². The first kappa shape index (κ1) is 24.4. The molecule has 2 aromatic carbocycles. The third-order valence-electron chi connectivity index (χ3n) is 7.45. The molecule has 0 saturated heterocycles. The number of hydrogen-bond donors (Lipinski definition) is 1. The Morgan fingerprint density at radius 3 is 2.53 bits per heavy atom. The maximum absolute atomic E-state index is 13.2. The van der Waals surface area contributed by atoms with Gasteiger partial charge >= 0.3 is 0 Å². The summed E-state index contributed by atoms with van der Waals surface area (Å²) >= 11 is 0. The molecule has 36 heavy (non-hydrogen) atoms. The first-order valence-electron chi connectivity index (χ1n) is 13.2. The summed E-state index contributed by atoms with van der Waals surface area (Å²) in [5.74, 6) is 0.920. The van der Waals surface area contributed by atoms with Crippen LogP contribution >= 0.6 is 0 Å². The highest BCUT2D eigenvalue weighted by Crippen LogP contribution is 2.34. The number of fused-ring (bicyclic) bond motifs is 1. The first-order chi connectivity index (χ1) is 17.5. The lowest BCUT2D eigenvalue weighted by molar-refractivity contribution is 0.153. The van der Waals surface area contributed by atoms with Crippen LogP contribution < -0.4 is 5.56 Å². The summed E-state index contributed by atoms with van der Waals surface area (Å²) < 4.78 is 2.07. The minimum Gasteiger partial charge on any atom is -0.322 e. The summed E-state index contributed by atoms with van der Waals surface area (Å²) in [4.78, 5) is 18.6. The molecule has 1 fully saturated rings. The van der Waals surface area contributed by atoms with Crippen LogP contribution in [0.2, 0.25) is 0 Å². The van der Waals surface area contributed by atoms with Gasteiger partial charge in [0.2, 0.25) is 0 Å². The van der Waals surface area contributed by atoms with Crippen LogP contribution in [0.15, 0.2) is 53.3 Å². The van der Waals surface area contributed by atoms with Gasteiger partial charge in [-0.3, -0.25) is 9.69 Å². The predicted molar refractivity (Wildman–Crippen MR) is 143 cm³/mol. The Balaban J connectivity index is 1.55. The molecule has 0 bridgehead atoms. The zero-order chi connectivity index (χ0) is 25.1. The van der Waals surface area contributed by atoms with Gasteiger partial charge in [-0.15, -0.1) is 5.10 Å². The Labute approximate surface area is 212 Å². The minimum absolute atomic E-state index is 0.0134. The van der Waals surface area contributed by atoms with Gasteiger partial charge in [0.1, 0.15) is 0 Å².